The zero-order valence-corrected chi connectivity index (χ0v) is 10.7. The van der Waals surface area contributed by atoms with Gasteiger partial charge in [0.2, 0.25) is 5.91 Å². The molecule has 16 heavy (non-hydrogen) atoms. The molecule has 0 aromatic rings. The first kappa shape index (κ1) is 13.4. The van der Waals surface area contributed by atoms with Crippen molar-refractivity contribution in [3.63, 3.8) is 0 Å². The van der Waals surface area contributed by atoms with E-state index in [4.69, 9.17) is 0 Å². The second-order valence-electron chi connectivity index (χ2n) is 4.36. The fourth-order valence-corrected chi connectivity index (χ4v) is 2.34. The molecule has 0 aliphatic carbocycles. The molecule has 0 aromatic heterocycles. The number of amides is 1. The third kappa shape index (κ3) is 4.94. The number of nitrogens with zero attached hydrogens (tertiary/aromatic N) is 1. The first-order chi connectivity index (χ1) is 7.38. The van der Waals surface area contributed by atoms with Gasteiger partial charge in [-0.1, -0.05) is 0 Å². The van der Waals surface area contributed by atoms with Crippen molar-refractivity contribution >= 4 is 15.7 Å². The average molecular weight is 248 g/mol. The maximum absolute atomic E-state index is 11.1. The minimum absolute atomic E-state index is 0.120. The summed E-state index contributed by atoms with van der Waals surface area (Å²) in [6.45, 7) is 3.62. The van der Waals surface area contributed by atoms with Crippen LogP contribution in [0.1, 0.15) is 19.8 Å². The Bertz CT molecular complexity index is 332. The van der Waals surface area contributed by atoms with E-state index in [0.29, 0.717) is 12.6 Å². The van der Waals surface area contributed by atoms with E-state index >= 15 is 0 Å². The normalized spacial score (nSPS) is 18.8. The monoisotopic (exact) mass is 248 g/mol. The van der Waals surface area contributed by atoms with Crippen LogP contribution in [-0.2, 0) is 14.6 Å². The zero-order valence-electron chi connectivity index (χ0n) is 9.90. The van der Waals surface area contributed by atoms with Crippen LogP contribution in [0.5, 0.6) is 0 Å². The van der Waals surface area contributed by atoms with Gasteiger partial charge in [-0.2, -0.15) is 0 Å². The van der Waals surface area contributed by atoms with E-state index in [0.717, 1.165) is 25.9 Å². The van der Waals surface area contributed by atoms with Crippen molar-refractivity contribution in [2.75, 3.05) is 31.6 Å². The van der Waals surface area contributed by atoms with Crippen LogP contribution in [0, 0.1) is 0 Å². The van der Waals surface area contributed by atoms with Gasteiger partial charge < -0.3 is 10.2 Å². The summed E-state index contributed by atoms with van der Waals surface area (Å²) in [4.78, 5) is 12.9. The van der Waals surface area contributed by atoms with Crippen molar-refractivity contribution in [2.45, 2.75) is 25.8 Å². The summed E-state index contributed by atoms with van der Waals surface area (Å²) in [6, 6.07) is 0.345. The van der Waals surface area contributed by atoms with E-state index in [1.807, 2.05) is 4.90 Å². The van der Waals surface area contributed by atoms with E-state index in [9.17, 15) is 13.2 Å². The molecule has 0 atom stereocenters. The molecule has 0 radical (unpaired) electrons. The van der Waals surface area contributed by atoms with E-state index in [1.165, 1.54) is 6.26 Å². The van der Waals surface area contributed by atoms with Gasteiger partial charge in [-0.25, -0.2) is 8.42 Å². The van der Waals surface area contributed by atoms with E-state index in [2.05, 4.69) is 5.32 Å². The fourth-order valence-electron chi connectivity index (χ4n) is 1.85. The lowest BCUT2D eigenvalue weighted by molar-refractivity contribution is -0.129. The van der Waals surface area contributed by atoms with Crippen LogP contribution < -0.4 is 5.32 Å². The molecule has 0 bridgehead atoms. The molecule has 1 aliphatic rings. The number of sulfone groups is 1. The van der Waals surface area contributed by atoms with Crippen molar-refractivity contribution in [2.24, 2.45) is 0 Å². The molecule has 1 saturated heterocycles. The molecule has 5 nitrogen and oxygen atoms in total. The topological polar surface area (TPSA) is 66.5 Å². The molecule has 0 saturated carbocycles. The Hall–Kier alpha value is -0.620. The Balaban J connectivity index is 2.20. The molecule has 94 valence electrons. The number of hydrogen-bond acceptors (Lipinski definition) is 4. The number of rotatable bonds is 4. The lowest BCUT2D eigenvalue weighted by Crippen LogP contribution is -2.45. The predicted octanol–water partition coefficient (Wildman–Crippen LogP) is -0.368. The highest BCUT2D eigenvalue weighted by Crippen LogP contribution is 2.09. The fraction of sp³-hybridized carbons (Fsp3) is 0.900. The minimum atomic E-state index is -2.88. The van der Waals surface area contributed by atoms with Gasteiger partial charge in [-0.3, -0.25) is 4.79 Å². The second-order valence-corrected chi connectivity index (χ2v) is 6.62. The summed E-state index contributed by atoms with van der Waals surface area (Å²) < 4.78 is 21.8. The number of carbonyl (C=O) groups is 1. The molecule has 1 heterocycles. The van der Waals surface area contributed by atoms with Crippen LogP contribution in [0.2, 0.25) is 0 Å². The van der Waals surface area contributed by atoms with Gasteiger partial charge >= 0.3 is 0 Å². The van der Waals surface area contributed by atoms with Gasteiger partial charge in [0, 0.05) is 38.9 Å². The first-order valence-corrected chi connectivity index (χ1v) is 7.61. The maximum Gasteiger partial charge on any atom is 0.219 e. The molecule has 1 aliphatic heterocycles. The van der Waals surface area contributed by atoms with E-state index in [1.54, 1.807) is 6.92 Å². The summed E-state index contributed by atoms with van der Waals surface area (Å²) in [5.74, 6) is 0.300. The summed E-state index contributed by atoms with van der Waals surface area (Å²) >= 11 is 0. The Morgan fingerprint density at radius 3 is 2.38 bits per heavy atom. The van der Waals surface area contributed by atoms with Crippen LogP contribution in [0.25, 0.3) is 0 Å². The van der Waals surface area contributed by atoms with Crippen molar-refractivity contribution in [3.05, 3.63) is 0 Å². The highest BCUT2D eigenvalue weighted by Gasteiger charge is 2.20. The van der Waals surface area contributed by atoms with Gasteiger partial charge in [0.1, 0.15) is 9.84 Å². The summed E-state index contributed by atoms with van der Waals surface area (Å²) in [5, 5.41) is 3.22. The molecule has 6 heteroatoms. The number of likely N-dealkylation sites (tertiary alicyclic amines) is 1. The van der Waals surface area contributed by atoms with E-state index in [-0.39, 0.29) is 11.7 Å². The van der Waals surface area contributed by atoms with Crippen LogP contribution in [0.4, 0.5) is 0 Å². The van der Waals surface area contributed by atoms with Crippen molar-refractivity contribution in [3.8, 4) is 0 Å². The first-order valence-electron chi connectivity index (χ1n) is 5.55. The lowest BCUT2D eigenvalue weighted by atomic mass is 10.1. The van der Waals surface area contributed by atoms with Crippen molar-refractivity contribution in [1.82, 2.24) is 10.2 Å². The smallest absolute Gasteiger partial charge is 0.219 e. The molecule has 1 amide bonds. The number of nitrogens with one attached hydrogen (secondary N) is 1. The van der Waals surface area contributed by atoms with Gasteiger partial charge in [0.15, 0.2) is 0 Å². The van der Waals surface area contributed by atoms with E-state index < -0.39 is 9.84 Å². The summed E-state index contributed by atoms with van der Waals surface area (Å²) in [6.07, 6.45) is 3.06. The third-order valence-corrected chi connectivity index (χ3v) is 3.79. The Morgan fingerprint density at radius 2 is 1.94 bits per heavy atom. The molecule has 1 fully saturated rings. The van der Waals surface area contributed by atoms with Gasteiger partial charge in [0.05, 0.1) is 5.75 Å². The Labute approximate surface area is 97.1 Å². The Morgan fingerprint density at radius 1 is 1.38 bits per heavy atom. The highest BCUT2D eigenvalue weighted by molar-refractivity contribution is 7.90. The molecular formula is C10H20N2O3S. The van der Waals surface area contributed by atoms with Gasteiger partial charge in [-0.05, 0) is 12.8 Å². The van der Waals surface area contributed by atoms with Crippen molar-refractivity contribution < 1.29 is 13.2 Å². The SMILES string of the molecule is CC(=O)N1CCC(NCCS(C)(=O)=O)CC1. The summed E-state index contributed by atoms with van der Waals surface area (Å²) in [7, 11) is -2.88. The van der Waals surface area contributed by atoms with Crippen LogP contribution >= 0.6 is 0 Å². The molecule has 0 spiro atoms. The molecule has 1 rings (SSSR count). The highest BCUT2D eigenvalue weighted by atomic mass is 32.2. The molecule has 0 aromatic carbocycles. The average Bonchev–Trinajstić information content (AvgIpc) is 2.16. The quantitative estimate of drug-likeness (QED) is 0.737. The third-order valence-electron chi connectivity index (χ3n) is 2.85. The largest absolute Gasteiger partial charge is 0.343 e. The molecular weight excluding hydrogens is 228 g/mol. The summed E-state index contributed by atoms with van der Waals surface area (Å²) in [5.41, 5.74) is 0. The van der Waals surface area contributed by atoms with Crippen LogP contribution in [0.15, 0.2) is 0 Å². The molecule has 1 N–H and O–H groups in total. The number of piperidine rings is 1. The zero-order chi connectivity index (χ0) is 12.2. The predicted molar refractivity (Wildman–Crippen MR) is 63.0 cm³/mol. The van der Waals surface area contributed by atoms with Crippen molar-refractivity contribution in [1.29, 1.82) is 0 Å². The lowest BCUT2D eigenvalue weighted by Gasteiger charge is -2.31. The maximum atomic E-state index is 11.1. The van der Waals surface area contributed by atoms with Gasteiger partial charge in [-0.15, -0.1) is 0 Å². The van der Waals surface area contributed by atoms with Gasteiger partial charge in [0.25, 0.3) is 0 Å². The Kier molecular flexibility index (Phi) is 4.73. The van der Waals surface area contributed by atoms with Crippen LogP contribution in [0.3, 0.4) is 0 Å². The van der Waals surface area contributed by atoms with Crippen LogP contribution in [-0.4, -0.2) is 56.9 Å². The number of carbonyl (C=O) groups excluding carboxylic acids is 1. The number of hydrogen-bond donors (Lipinski definition) is 1. The molecule has 0 unspecified atom stereocenters. The standard InChI is InChI=1S/C10H20N2O3S/c1-9(13)12-6-3-10(4-7-12)11-5-8-16(2,14)15/h10-11H,3-8H2,1-2H3. The second kappa shape index (κ2) is 5.63. The minimum Gasteiger partial charge on any atom is -0.343 e.